The quantitative estimate of drug-likeness (QED) is 0.787. The standard InChI is InChI=1S/C16H21N3O/c1-2-13-5-6-14(9-17)19(13)16(20)10-18-15-8-11-3-4-12(15)7-11/h1,11-15,18H,3-8,10H2/t11-,12-,13+,14+,15?/m1/s1. The van der Waals surface area contributed by atoms with Gasteiger partial charge in [0, 0.05) is 6.04 Å². The van der Waals surface area contributed by atoms with Crippen LogP contribution in [0.3, 0.4) is 0 Å². The van der Waals surface area contributed by atoms with E-state index in [9.17, 15) is 4.79 Å². The highest BCUT2D eigenvalue weighted by molar-refractivity contribution is 5.80. The molecule has 0 radical (unpaired) electrons. The first-order valence-corrected chi connectivity index (χ1v) is 7.63. The Bertz CT molecular complexity index is 453. The zero-order valence-electron chi connectivity index (χ0n) is 11.7. The van der Waals surface area contributed by atoms with E-state index < -0.39 is 0 Å². The Morgan fingerprint density at radius 2 is 2.05 bits per heavy atom. The van der Waals surface area contributed by atoms with Crippen LogP contribution in [0.5, 0.6) is 0 Å². The van der Waals surface area contributed by atoms with Crippen molar-refractivity contribution in [3.8, 4) is 18.4 Å². The van der Waals surface area contributed by atoms with Crippen molar-refractivity contribution in [2.24, 2.45) is 11.8 Å². The number of nitrogens with one attached hydrogen (secondary N) is 1. The molecular formula is C16H21N3O. The molecule has 1 heterocycles. The molecule has 5 atom stereocenters. The lowest BCUT2D eigenvalue weighted by atomic mass is 9.95. The highest BCUT2D eigenvalue weighted by Crippen LogP contribution is 2.44. The number of nitrogens with zero attached hydrogens (tertiary/aromatic N) is 2. The second-order valence-electron chi connectivity index (χ2n) is 6.37. The van der Waals surface area contributed by atoms with E-state index in [2.05, 4.69) is 17.3 Å². The van der Waals surface area contributed by atoms with Gasteiger partial charge in [-0.2, -0.15) is 5.26 Å². The molecule has 2 bridgehead atoms. The molecule has 1 N–H and O–H groups in total. The molecule has 4 nitrogen and oxygen atoms in total. The van der Waals surface area contributed by atoms with E-state index in [1.165, 1.54) is 25.7 Å². The van der Waals surface area contributed by atoms with Gasteiger partial charge in [-0.1, -0.05) is 12.3 Å². The second-order valence-corrected chi connectivity index (χ2v) is 6.37. The van der Waals surface area contributed by atoms with Crippen LogP contribution in [0.15, 0.2) is 0 Å². The third-order valence-corrected chi connectivity index (χ3v) is 5.27. The molecule has 2 aliphatic carbocycles. The fraction of sp³-hybridized carbons (Fsp3) is 0.750. The summed E-state index contributed by atoms with van der Waals surface area (Å²) in [5.74, 6) is 4.24. The van der Waals surface area contributed by atoms with Crippen molar-refractivity contribution in [1.29, 1.82) is 5.26 Å². The van der Waals surface area contributed by atoms with Gasteiger partial charge in [-0.3, -0.25) is 4.79 Å². The average Bonchev–Trinajstić information content (AvgIpc) is 3.17. The number of carbonyl (C=O) groups excluding carboxylic acids is 1. The van der Waals surface area contributed by atoms with Crippen LogP contribution >= 0.6 is 0 Å². The molecule has 0 aromatic rings. The monoisotopic (exact) mass is 271 g/mol. The first-order chi connectivity index (χ1) is 9.72. The lowest BCUT2D eigenvalue weighted by Crippen LogP contribution is -2.47. The minimum atomic E-state index is -0.342. The topological polar surface area (TPSA) is 56.1 Å². The molecule has 4 heteroatoms. The van der Waals surface area contributed by atoms with Gasteiger partial charge < -0.3 is 10.2 Å². The number of terminal acetylenes is 1. The molecule has 3 rings (SSSR count). The van der Waals surface area contributed by atoms with Gasteiger partial charge in [0.05, 0.1) is 18.7 Å². The summed E-state index contributed by atoms with van der Waals surface area (Å²) in [4.78, 5) is 14.0. The van der Waals surface area contributed by atoms with E-state index in [-0.39, 0.29) is 18.0 Å². The Balaban J connectivity index is 1.56. The summed E-state index contributed by atoms with van der Waals surface area (Å²) in [7, 11) is 0. The number of fused-ring (bicyclic) bond motifs is 2. The number of rotatable bonds is 3. The lowest BCUT2D eigenvalue weighted by molar-refractivity contribution is -0.131. The zero-order chi connectivity index (χ0) is 14.1. The Morgan fingerprint density at radius 3 is 2.65 bits per heavy atom. The van der Waals surface area contributed by atoms with Crippen LogP contribution < -0.4 is 5.32 Å². The van der Waals surface area contributed by atoms with E-state index in [4.69, 9.17) is 11.7 Å². The first kappa shape index (κ1) is 13.5. The van der Waals surface area contributed by atoms with Gasteiger partial charge in [-0.15, -0.1) is 6.42 Å². The van der Waals surface area contributed by atoms with Crippen LogP contribution in [0.1, 0.15) is 38.5 Å². The summed E-state index contributed by atoms with van der Waals surface area (Å²) in [5.41, 5.74) is 0. The minimum Gasteiger partial charge on any atom is -0.312 e. The van der Waals surface area contributed by atoms with Crippen molar-refractivity contribution in [2.75, 3.05) is 6.54 Å². The Labute approximate surface area is 120 Å². The second kappa shape index (κ2) is 5.46. The van der Waals surface area contributed by atoms with Crippen LogP contribution in [0.2, 0.25) is 0 Å². The van der Waals surface area contributed by atoms with Crippen LogP contribution in [0.25, 0.3) is 0 Å². The Kier molecular flexibility index (Phi) is 3.68. The summed E-state index contributed by atoms with van der Waals surface area (Å²) < 4.78 is 0. The highest BCUT2D eigenvalue weighted by atomic mass is 16.2. The Hall–Kier alpha value is -1.52. The molecule has 1 amide bonds. The van der Waals surface area contributed by atoms with Gasteiger partial charge in [0.2, 0.25) is 5.91 Å². The van der Waals surface area contributed by atoms with E-state index in [1.54, 1.807) is 4.90 Å². The fourth-order valence-electron chi connectivity index (χ4n) is 4.25. The van der Waals surface area contributed by atoms with E-state index in [0.29, 0.717) is 19.0 Å². The molecule has 1 aliphatic heterocycles. The average molecular weight is 271 g/mol. The molecule has 0 aromatic carbocycles. The molecule has 20 heavy (non-hydrogen) atoms. The molecule has 1 saturated heterocycles. The maximum atomic E-state index is 12.4. The number of likely N-dealkylation sites (tertiary alicyclic amines) is 1. The van der Waals surface area contributed by atoms with Gasteiger partial charge in [0.25, 0.3) is 0 Å². The maximum absolute atomic E-state index is 12.4. The van der Waals surface area contributed by atoms with Crippen LogP contribution in [-0.2, 0) is 4.79 Å². The van der Waals surface area contributed by atoms with Crippen molar-refractivity contribution in [2.45, 2.75) is 56.7 Å². The van der Waals surface area contributed by atoms with E-state index >= 15 is 0 Å². The SMILES string of the molecule is C#C[C@H]1CC[C@@H](C#N)N1C(=O)CNC1C[C@@H]2CC[C@@H]1C2. The summed E-state index contributed by atoms with van der Waals surface area (Å²) in [6.45, 7) is 0.324. The van der Waals surface area contributed by atoms with Gasteiger partial charge >= 0.3 is 0 Å². The molecule has 0 aromatic heterocycles. The Morgan fingerprint density at radius 1 is 1.25 bits per heavy atom. The van der Waals surface area contributed by atoms with Gasteiger partial charge in [-0.25, -0.2) is 0 Å². The van der Waals surface area contributed by atoms with Crippen LogP contribution in [0, 0.1) is 35.5 Å². The van der Waals surface area contributed by atoms with E-state index in [0.717, 1.165) is 18.3 Å². The molecule has 0 spiro atoms. The summed E-state index contributed by atoms with van der Waals surface area (Å²) >= 11 is 0. The number of amides is 1. The van der Waals surface area contributed by atoms with Crippen LogP contribution in [-0.4, -0.2) is 35.5 Å². The summed E-state index contributed by atoms with van der Waals surface area (Å²) in [6, 6.07) is 2.14. The van der Waals surface area contributed by atoms with Crippen molar-refractivity contribution in [1.82, 2.24) is 10.2 Å². The van der Waals surface area contributed by atoms with Crippen molar-refractivity contribution in [3.63, 3.8) is 0 Å². The predicted molar refractivity (Wildman–Crippen MR) is 75.3 cm³/mol. The number of hydrogen-bond donors (Lipinski definition) is 1. The molecular weight excluding hydrogens is 250 g/mol. The fourth-order valence-corrected chi connectivity index (χ4v) is 4.25. The number of carbonyl (C=O) groups is 1. The predicted octanol–water partition coefficient (Wildman–Crippen LogP) is 1.28. The largest absolute Gasteiger partial charge is 0.312 e. The minimum absolute atomic E-state index is 0.0141. The summed E-state index contributed by atoms with van der Waals surface area (Å²) in [6.07, 6.45) is 12.1. The lowest BCUT2D eigenvalue weighted by Gasteiger charge is -2.27. The van der Waals surface area contributed by atoms with E-state index in [1.807, 2.05) is 0 Å². The zero-order valence-corrected chi connectivity index (χ0v) is 11.7. The third-order valence-electron chi connectivity index (χ3n) is 5.27. The first-order valence-electron chi connectivity index (χ1n) is 7.63. The molecule has 106 valence electrons. The smallest absolute Gasteiger partial charge is 0.238 e. The van der Waals surface area contributed by atoms with Crippen molar-refractivity contribution < 1.29 is 4.79 Å². The van der Waals surface area contributed by atoms with Gasteiger partial charge in [0.1, 0.15) is 6.04 Å². The highest BCUT2D eigenvalue weighted by Gasteiger charge is 2.40. The van der Waals surface area contributed by atoms with Crippen LogP contribution in [0.4, 0.5) is 0 Å². The molecule has 2 saturated carbocycles. The number of nitriles is 1. The van der Waals surface area contributed by atoms with Crippen molar-refractivity contribution >= 4 is 5.91 Å². The van der Waals surface area contributed by atoms with Crippen molar-refractivity contribution in [3.05, 3.63) is 0 Å². The molecule has 3 aliphatic rings. The summed E-state index contributed by atoms with van der Waals surface area (Å²) in [5, 5.41) is 12.5. The molecule has 3 fully saturated rings. The third kappa shape index (κ3) is 2.30. The maximum Gasteiger partial charge on any atom is 0.238 e. The van der Waals surface area contributed by atoms with Gasteiger partial charge in [0.15, 0.2) is 0 Å². The van der Waals surface area contributed by atoms with Gasteiger partial charge in [-0.05, 0) is 43.9 Å². The molecule has 1 unspecified atom stereocenters. The number of hydrogen-bond acceptors (Lipinski definition) is 3. The normalized spacial score (nSPS) is 38.7.